The molecular formula is C9H8ClN3O2. The van der Waals surface area contributed by atoms with E-state index in [1.165, 1.54) is 6.08 Å². The fourth-order valence-corrected chi connectivity index (χ4v) is 0.984. The van der Waals surface area contributed by atoms with E-state index < -0.39 is 5.63 Å². The van der Waals surface area contributed by atoms with Gasteiger partial charge in [0.2, 0.25) is 5.89 Å². The third-order valence-electron chi connectivity index (χ3n) is 1.44. The lowest BCUT2D eigenvalue weighted by Crippen LogP contribution is -2.08. The van der Waals surface area contributed by atoms with E-state index in [-0.39, 0.29) is 16.6 Å². The molecule has 0 aliphatic carbocycles. The number of rotatable bonds is 2. The molecule has 6 heteroatoms. The van der Waals surface area contributed by atoms with Crippen LogP contribution in [0.5, 0.6) is 0 Å². The lowest BCUT2D eigenvalue weighted by atomic mass is 10.4. The smallest absolute Gasteiger partial charge is 0.358 e. The van der Waals surface area contributed by atoms with Gasteiger partial charge in [0, 0.05) is 26.4 Å². The summed E-state index contributed by atoms with van der Waals surface area (Å²) < 4.78 is 4.74. The molecule has 0 aliphatic rings. The van der Waals surface area contributed by atoms with E-state index in [1.54, 1.807) is 31.3 Å². The van der Waals surface area contributed by atoms with Gasteiger partial charge in [-0.3, -0.25) is 0 Å². The highest BCUT2D eigenvalue weighted by Crippen LogP contribution is 2.09. The summed E-state index contributed by atoms with van der Waals surface area (Å²) in [4.78, 5) is 16.7. The molecule has 0 aliphatic heterocycles. The van der Waals surface area contributed by atoms with Crippen LogP contribution < -0.4 is 5.63 Å². The van der Waals surface area contributed by atoms with Crippen LogP contribution in [-0.4, -0.2) is 24.0 Å². The Hall–Kier alpha value is -1.80. The summed E-state index contributed by atoms with van der Waals surface area (Å²) in [6, 6.07) is 1.62. The SMILES string of the molecule is CN(C)/C=C/c1nc(Cl)c(C#N)c(=O)o1. The Morgan fingerprint density at radius 2 is 2.27 bits per heavy atom. The standard InChI is InChI=1S/C9H8ClN3O2/c1-13(2)4-3-7-12-8(10)6(5-11)9(14)15-7/h3-4H,1-2H3/b4-3+. The van der Waals surface area contributed by atoms with Crippen LogP contribution in [0.2, 0.25) is 5.15 Å². The van der Waals surface area contributed by atoms with Gasteiger partial charge in [-0.25, -0.2) is 4.79 Å². The molecule has 0 atom stereocenters. The summed E-state index contributed by atoms with van der Waals surface area (Å²) in [5, 5.41) is 8.40. The molecule has 0 saturated heterocycles. The highest BCUT2D eigenvalue weighted by atomic mass is 35.5. The molecule has 15 heavy (non-hydrogen) atoms. The van der Waals surface area contributed by atoms with Gasteiger partial charge in [0.25, 0.3) is 0 Å². The zero-order valence-corrected chi connectivity index (χ0v) is 8.95. The number of halogens is 1. The summed E-state index contributed by atoms with van der Waals surface area (Å²) in [6.07, 6.45) is 3.13. The first-order chi connectivity index (χ1) is 7.04. The van der Waals surface area contributed by atoms with E-state index in [0.29, 0.717) is 0 Å². The second-order valence-corrected chi connectivity index (χ2v) is 3.25. The van der Waals surface area contributed by atoms with Crippen molar-refractivity contribution in [2.75, 3.05) is 14.1 Å². The Bertz CT molecular complexity index is 485. The first-order valence-electron chi connectivity index (χ1n) is 4.00. The summed E-state index contributed by atoms with van der Waals surface area (Å²) >= 11 is 5.61. The fourth-order valence-electron chi connectivity index (χ4n) is 0.782. The van der Waals surface area contributed by atoms with E-state index in [9.17, 15) is 4.79 Å². The van der Waals surface area contributed by atoms with Crippen LogP contribution in [0, 0.1) is 11.3 Å². The number of hydrogen-bond donors (Lipinski definition) is 0. The quantitative estimate of drug-likeness (QED) is 0.754. The van der Waals surface area contributed by atoms with Crippen LogP contribution in [-0.2, 0) is 0 Å². The van der Waals surface area contributed by atoms with Crippen molar-refractivity contribution in [3.8, 4) is 6.07 Å². The Labute approximate surface area is 91.2 Å². The number of nitrogens with zero attached hydrogens (tertiary/aromatic N) is 3. The summed E-state index contributed by atoms with van der Waals surface area (Å²) in [7, 11) is 3.61. The molecule has 1 aromatic rings. The zero-order chi connectivity index (χ0) is 11.4. The topological polar surface area (TPSA) is 70.1 Å². The Morgan fingerprint density at radius 1 is 1.60 bits per heavy atom. The van der Waals surface area contributed by atoms with Gasteiger partial charge in [0.15, 0.2) is 10.7 Å². The van der Waals surface area contributed by atoms with Gasteiger partial charge in [-0.1, -0.05) is 11.6 Å². The van der Waals surface area contributed by atoms with Gasteiger partial charge in [0.1, 0.15) is 6.07 Å². The van der Waals surface area contributed by atoms with Crippen molar-refractivity contribution in [2.45, 2.75) is 0 Å². The highest BCUT2D eigenvalue weighted by molar-refractivity contribution is 6.30. The lowest BCUT2D eigenvalue weighted by Gasteiger charge is -2.02. The first-order valence-corrected chi connectivity index (χ1v) is 4.37. The van der Waals surface area contributed by atoms with Crippen molar-refractivity contribution in [3.05, 3.63) is 33.2 Å². The van der Waals surface area contributed by atoms with Crippen molar-refractivity contribution in [3.63, 3.8) is 0 Å². The van der Waals surface area contributed by atoms with Gasteiger partial charge >= 0.3 is 5.63 Å². The molecule has 1 heterocycles. The minimum Gasteiger partial charge on any atom is -0.403 e. The van der Waals surface area contributed by atoms with Crippen molar-refractivity contribution in [1.29, 1.82) is 5.26 Å². The average Bonchev–Trinajstić information content (AvgIpc) is 2.14. The third kappa shape index (κ3) is 2.82. The maximum Gasteiger partial charge on any atom is 0.358 e. The van der Waals surface area contributed by atoms with Crippen LogP contribution in [0.25, 0.3) is 6.08 Å². The molecule has 1 aromatic heterocycles. The van der Waals surface area contributed by atoms with Crippen LogP contribution in [0.4, 0.5) is 0 Å². The van der Waals surface area contributed by atoms with Crippen molar-refractivity contribution < 1.29 is 4.42 Å². The van der Waals surface area contributed by atoms with Crippen molar-refractivity contribution >= 4 is 17.7 Å². The van der Waals surface area contributed by atoms with Gasteiger partial charge in [-0.2, -0.15) is 10.2 Å². The number of nitriles is 1. The summed E-state index contributed by atoms with van der Waals surface area (Å²) in [5.74, 6) is 0.0673. The van der Waals surface area contributed by atoms with E-state index >= 15 is 0 Å². The first kappa shape index (κ1) is 11.3. The summed E-state index contributed by atoms with van der Waals surface area (Å²) in [6.45, 7) is 0. The van der Waals surface area contributed by atoms with Gasteiger partial charge in [-0.15, -0.1) is 0 Å². The lowest BCUT2D eigenvalue weighted by molar-refractivity contribution is 0.475. The largest absolute Gasteiger partial charge is 0.403 e. The molecule has 0 unspecified atom stereocenters. The number of hydrogen-bond acceptors (Lipinski definition) is 5. The third-order valence-corrected chi connectivity index (χ3v) is 1.72. The molecule has 0 bridgehead atoms. The maximum atomic E-state index is 11.2. The molecule has 0 N–H and O–H groups in total. The van der Waals surface area contributed by atoms with Crippen molar-refractivity contribution in [1.82, 2.24) is 9.88 Å². The molecule has 0 spiro atoms. The monoisotopic (exact) mass is 225 g/mol. The molecule has 1 rings (SSSR count). The predicted octanol–water partition coefficient (Wildman–Crippen LogP) is 1.09. The Morgan fingerprint density at radius 3 is 2.73 bits per heavy atom. The Kier molecular flexibility index (Phi) is 3.47. The maximum absolute atomic E-state index is 11.2. The van der Waals surface area contributed by atoms with E-state index in [2.05, 4.69) is 4.98 Å². The van der Waals surface area contributed by atoms with E-state index in [1.807, 2.05) is 0 Å². The van der Waals surface area contributed by atoms with Crippen LogP contribution in [0.3, 0.4) is 0 Å². The van der Waals surface area contributed by atoms with Crippen LogP contribution >= 0.6 is 11.6 Å². The summed E-state index contributed by atoms with van der Waals surface area (Å²) in [5.41, 5.74) is -1.06. The van der Waals surface area contributed by atoms with E-state index in [4.69, 9.17) is 21.3 Å². The minimum absolute atomic E-state index is 0.0673. The predicted molar refractivity (Wildman–Crippen MR) is 55.2 cm³/mol. The molecule has 0 radical (unpaired) electrons. The molecular weight excluding hydrogens is 218 g/mol. The second kappa shape index (κ2) is 4.62. The normalized spacial score (nSPS) is 10.3. The molecule has 0 saturated carbocycles. The van der Waals surface area contributed by atoms with Crippen LogP contribution in [0.1, 0.15) is 11.5 Å². The number of aromatic nitrogens is 1. The highest BCUT2D eigenvalue weighted by Gasteiger charge is 2.09. The van der Waals surface area contributed by atoms with Gasteiger partial charge in [0.05, 0.1) is 0 Å². The minimum atomic E-state index is -0.782. The van der Waals surface area contributed by atoms with Crippen LogP contribution in [0.15, 0.2) is 15.4 Å². The molecule has 0 amide bonds. The van der Waals surface area contributed by atoms with E-state index in [0.717, 1.165) is 0 Å². The zero-order valence-electron chi connectivity index (χ0n) is 8.19. The van der Waals surface area contributed by atoms with Crippen molar-refractivity contribution in [2.24, 2.45) is 0 Å². The second-order valence-electron chi connectivity index (χ2n) is 2.90. The van der Waals surface area contributed by atoms with Gasteiger partial charge < -0.3 is 9.32 Å². The fraction of sp³-hybridized carbons (Fsp3) is 0.222. The molecule has 0 aromatic carbocycles. The molecule has 0 fully saturated rings. The molecule has 78 valence electrons. The Balaban J connectivity index is 3.17. The average molecular weight is 226 g/mol. The van der Waals surface area contributed by atoms with Gasteiger partial charge in [-0.05, 0) is 0 Å². The molecule has 5 nitrogen and oxygen atoms in total.